The van der Waals surface area contributed by atoms with Crippen molar-refractivity contribution in [3.8, 4) is 17.1 Å². The highest BCUT2D eigenvalue weighted by atomic mass is 32.1. The minimum absolute atomic E-state index is 0.415. The SMILES string of the molecule is CCNC(=NCc1nc(-c2ccc(OC)cc2)n[nH]1)NC1CCN(c2cccs2)CC1. The number of aromatic amines is 1. The molecule has 3 N–H and O–H groups in total. The van der Waals surface area contributed by atoms with Crippen LogP contribution in [0, 0.1) is 0 Å². The second kappa shape index (κ2) is 10.3. The van der Waals surface area contributed by atoms with E-state index in [1.165, 1.54) is 5.00 Å². The maximum Gasteiger partial charge on any atom is 0.191 e. The maximum absolute atomic E-state index is 5.20. The van der Waals surface area contributed by atoms with Gasteiger partial charge in [-0.2, -0.15) is 5.10 Å². The highest BCUT2D eigenvalue weighted by Crippen LogP contribution is 2.24. The van der Waals surface area contributed by atoms with Gasteiger partial charge in [0.2, 0.25) is 0 Å². The van der Waals surface area contributed by atoms with Crippen molar-refractivity contribution >= 4 is 22.3 Å². The lowest BCUT2D eigenvalue weighted by Crippen LogP contribution is -2.48. The average molecular weight is 440 g/mol. The van der Waals surface area contributed by atoms with E-state index in [0.717, 1.165) is 55.6 Å². The molecule has 1 saturated heterocycles. The van der Waals surface area contributed by atoms with E-state index in [9.17, 15) is 0 Å². The molecule has 31 heavy (non-hydrogen) atoms. The number of anilines is 1. The van der Waals surface area contributed by atoms with Gasteiger partial charge in [-0.25, -0.2) is 9.98 Å². The monoisotopic (exact) mass is 439 g/mol. The molecule has 164 valence electrons. The molecule has 4 rings (SSSR count). The van der Waals surface area contributed by atoms with Crippen LogP contribution in [0.5, 0.6) is 5.75 Å². The Kier molecular flexibility index (Phi) is 7.03. The number of hydrogen-bond acceptors (Lipinski definition) is 6. The molecule has 0 bridgehead atoms. The molecular weight excluding hydrogens is 410 g/mol. The largest absolute Gasteiger partial charge is 0.497 e. The van der Waals surface area contributed by atoms with Gasteiger partial charge >= 0.3 is 0 Å². The number of hydrogen-bond donors (Lipinski definition) is 3. The lowest BCUT2D eigenvalue weighted by molar-refractivity contribution is 0.415. The summed E-state index contributed by atoms with van der Waals surface area (Å²) in [4.78, 5) is 11.7. The summed E-state index contributed by atoms with van der Waals surface area (Å²) in [7, 11) is 1.65. The third-order valence-corrected chi connectivity index (χ3v) is 6.19. The van der Waals surface area contributed by atoms with E-state index < -0.39 is 0 Å². The number of piperidine rings is 1. The molecule has 0 amide bonds. The molecule has 1 aliphatic heterocycles. The smallest absolute Gasteiger partial charge is 0.191 e. The maximum atomic E-state index is 5.20. The molecule has 0 radical (unpaired) electrons. The summed E-state index contributed by atoms with van der Waals surface area (Å²) in [6.07, 6.45) is 2.18. The second-order valence-electron chi connectivity index (χ2n) is 7.39. The Labute approximate surface area is 186 Å². The van der Waals surface area contributed by atoms with Crippen LogP contribution in [0.15, 0.2) is 46.8 Å². The Bertz CT molecular complexity index is 960. The molecule has 9 heteroatoms. The third kappa shape index (κ3) is 5.55. The van der Waals surface area contributed by atoms with Gasteiger partial charge in [0.25, 0.3) is 0 Å². The van der Waals surface area contributed by atoms with Crippen molar-refractivity contribution in [3.05, 3.63) is 47.6 Å². The molecule has 1 fully saturated rings. The van der Waals surface area contributed by atoms with Crippen LogP contribution in [0.2, 0.25) is 0 Å². The summed E-state index contributed by atoms with van der Waals surface area (Å²) in [5.74, 6) is 3.02. The zero-order valence-corrected chi connectivity index (χ0v) is 18.8. The Morgan fingerprint density at radius 1 is 1.26 bits per heavy atom. The minimum Gasteiger partial charge on any atom is -0.497 e. The van der Waals surface area contributed by atoms with Gasteiger partial charge in [0, 0.05) is 31.2 Å². The third-order valence-electron chi connectivity index (χ3n) is 5.26. The fraction of sp³-hybridized carbons (Fsp3) is 0.409. The van der Waals surface area contributed by atoms with Crippen molar-refractivity contribution in [2.45, 2.75) is 32.4 Å². The van der Waals surface area contributed by atoms with Crippen molar-refractivity contribution in [1.29, 1.82) is 0 Å². The van der Waals surface area contributed by atoms with E-state index in [0.29, 0.717) is 18.4 Å². The average Bonchev–Trinajstić information content (AvgIpc) is 3.51. The molecule has 0 saturated carbocycles. The number of methoxy groups -OCH3 is 1. The molecule has 8 nitrogen and oxygen atoms in total. The van der Waals surface area contributed by atoms with Crippen molar-refractivity contribution in [1.82, 2.24) is 25.8 Å². The number of rotatable bonds is 7. The zero-order valence-electron chi connectivity index (χ0n) is 18.0. The number of aromatic nitrogens is 3. The summed E-state index contributed by atoms with van der Waals surface area (Å²) in [6.45, 7) is 5.45. The molecule has 0 atom stereocenters. The van der Waals surface area contributed by atoms with Gasteiger partial charge < -0.3 is 20.3 Å². The van der Waals surface area contributed by atoms with Gasteiger partial charge in [0.15, 0.2) is 11.8 Å². The number of guanidine groups is 1. The lowest BCUT2D eigenvalue weighted by atomic mass is 10.1. The summed E-state index contributed by atoms with van der Waals surface area (Å²) in [5.41, 5.74) is 0.940. The molecule has 3 heterocycles. The van der Waals surface area contributed by atoms with Crippen LogP contribution >= 0.6 is 11.3 Å². The first kappa shape index (κ1) is 21.2. The van der Waals surface area contributed by atoms with Crippen LogP contribution < -0.4 is 20.3 Å². The van der Waals surface area contributed by atoms with Crippen molar-refractivity contribution in [2.24, 2.45) is 4.99 Å². The van der Waals surface area contributed by atoms with E-state index in [1.54, 1.807) is 7.11 Å². The van der Waals surface area contributed by atoms with E-state index in [4.69, 9.17) is 9.73 Å². The summed E-state index contributed by atoms with van der Waals surface area (Å²) in [5, 5.41) is 17.7. The van der Waals surface area contributed by atoms with Crippen molar-refractivity contribution in [3.63, 3.8) is 0 Å². The molecule has 0 unspecified atom stereocenters. The molecular formula is C22H29N7OS. The Hall–Kier alpha value is -3.07. The van der Waals surface area contributed by atoms with Gasteiger partial charge in [0.05, 0.1) is 12.1 Å². The zero-order chi connectivity index (χ0) is 21.5. The highest BCUT2D eigenvalue weighted by Gasteiger charge is 2.20. The standard InChI is InChI=1S/C22H29N7OS/c1-3-23-22(25-17-10-12-29(13-11-17)20-5-4-14-31-20)24-15-19-26-21(28-27-19)16-6-8-18(30-2)9-7-16/h4-9,14,17H,3,10-13,15H2,1-2H3,(H2,23,24,25)(H,26,27,28). The number of ether oxygens (including phenoxy) is 1. The van der Waals surface area contributed by atoms with Gasteiger partial charge in [-0.1, -0.05) is 0 Å². The Morgan fingerprint density at radius 2 is 2.06 bits per heavy atom. The van der Waals surface area contributed by atoms with Crippen molar-refractivity contribution < 1.29 is 4.74 Å². The van der Waals surface area contributed by atoms with Crippen LogP contribution in [0.4, 0.5) is 5.00 Å². The fourth-order valence-corrected chi connectivity index (χ4v) is 4.38. The number of nitrogens with zero attached hydrogens (tertiary/aromatic N) is 4. The van der Waals surface area contributed by atoms with E-state index in [2.05, 4.69) is 55.2 Å². The first-order chi connectivity index (χ1) is 15.2. The first-order valence-electron chi connectivity index (χ1n) is 10.6. The number of aliphatic imine (C=N–C) groups is 1. The Balaban J connectivity index is 1.33. The summed E-state index contributed by atoms with van der Waals surface area (Å²) >= 11 is 1.81. The topological polar surface area (TPSA) is 90.5 Å². The summed E-state index contributed by atoms with van der Waals surface area (Å²) < 4.78 is 5.20. The van der Waals surface area contributed by atoms with Gasteiger partial charge in [-0.15, -0.1) is 11.3 Å². The van der Waals surface area contributed by atoms with E-state index >= 15 is 0 Å². The molecule has 2 aromatic heterocycles. The van der Waals surface area contributed by atoms with Crippen LogP contribution in [0.25, 0.3) is 11.4 Å². The number of nitrogens with one attached hydrogen (secondary N) is 3. The van der Waals surface area contributed by atoms with Gasteiger partial charge in [-0.3, -0.25) is 5.10 Å². The van der Waals surface area contributed by atoms with E-state index in [-0.39, 0.29) is 0 Å². The molecule has 1 aliphatic rings. The van der Waals surface area contributed by atoms with Gasteiger partial charge in [-0.05, 0) is 61.5 Å². The van der Waals surface area contributed by atoms with Crippen LogP contribution in [0.1, 0.15) is 25.6 Å². The van der Waals surface area contributed by atoms with Crippen molar-refractivity contribution in [2.75, 3.05) is 31.6 Å². The van der Waals surface area contributed by atoms with E-state index in [1.807, 2.05) is 35.6 Å². The molecule has 0 aliphatic carbocycles. The first-order valence-corrected chi connectivity index (χ1v) is 11.5. The van der Waals surface area contributed by atoms with Crippen LogP contribution in [0.3, 0.4) is 0 Å². The van der Waals surface area contributed by atoms with Crippen LogP contribution in [-0.2, 0) is 6.54 Å². The predicted molar refractivity (Wildman–Crippen MR) is 126 cm³/mol. The lowest BCUT2D eigenvalue weighted by Gasteiger charge is -2.33. The normalized spacial score (nSPS) is 15.2. The quantitative estimate of drug-likeness (QED) is 0.387. The minimum atomic E-state index is 0.415. The molecule has 1 aromatic carbocycles. The predicted octanol–water partition coefficient (Wildman–Crippen LogP) is 3.27. The van der Waals surface area contributed by atoms with Crippen LogP contribution in [-0.4, -0.2) is 53.9 Å². The molecule has 3 aromatic rings. The summed E-state index contributed by atoms with van der Waals surface area (Å²) in [6, 6.07) is 12.4. The highest BCUT2D eigenvalue weighted by molar-refractivity contribution is 7.14. The Morgan fingerprint density at radius 3 is 2.74 bits per heavy atom. The number of H-pyrrole nitrogens is 1. The number of thiophene rings is 1. The second-order valence-corrected chi connectivity index (χ2v) is 8.31. The fourth-order valence-electron chi connectivity index (χ4n) is 3.60. The molecule has 0 spiro atoms. The van der Waals surface area contributed by atoms with Gasteiger partial charge in [0.1, 0.15) is 18.1 Å². The number of benzene rings is 1.